The largest absolute Gasteiger partial charge is 0.444 e. The molecule has 10 heteroatoms. The number of rotatable bonds is 4. The highest BCUT2D eigenvalue weighted by molar-refractivity contribution is 6.33. The number of hydrogen-bond donors (Lipinski definition) is 0. The Hall–Kier alpha value is -3.98. The van der Waals surface area contributed by atoms with Gasteiger partial charge < -0.3 is 14.5 Å². The van der Waals surface area contributed by atoms with Crippen molar-refractivity contribution in [2.24, 2.45) is 0 Å². The number of hydrogen-bond acceptors (Lipinski definition) is 7. The van der Waals surface area contributed by atoms with Crippen LogP contribution >= 0.6 is 11.6 Å². The standard InChI is InChI=1S/C32H37ClN6O3/c1-19(2)25-27(20(3)13-14-34-25)39-29-23(17-24(33)26(35-29)22-11-9-8-10-12-22)28(36-30(39)40)38-16-15-37(18-21(38)4)31(41)42-32(5,6)7/h8-14,17,19,21H,15-16,18H2,1-7H3. The number of benzene rings is 1. The number of ether oxygens (including phenoxy) is 1. The van der Waals surface area contributed by atoms with Crippen molar-refractivity contribution in [3.63, 3.8) is 0 Å². The summed E-state index contributed by atoms with van der Waals surface area (Å²) in [6, 6.07) is 13.3. The van der Waals surface area contributed by atoms with Crippen molar-refractivity contribution >= 4 is 34.5 Å². The van der Waals surface area contributed by atoms with Gasteiger partial charge in [-0.15, -0.1) is 0 Å². The lowest BCUT2D eigenvalue weighted by molar-refractivity contribution is 0.0218. The van der Waals surface area contributed by atoms with E-state index in [-0.39, 0.29) is 18.1 Å². The minimum atomic E-state index is -0.585. The van der Waals surface area contributed by atoms with Crippen molar-refractivity contribution in [3.05, 3.63) is 75.4 Å². The molecule has 1 aliphatic heterocycles. The molecule has 5 rings (SSSR count). The Bertz CT molecular complexity index is 1700. The molecule has 1 amide bonds. The van der Waals surface area contributed by atoms with Crippen LogP contribution < -0.4 is 10.6 Å². The second-order valence-corrected chi connectivity index (χ2v) is 12.5. The molecule has 0 radical (unpaired) electrons. The second-order valence-electron chi connectivity index (χ2n) is 12.1. The number of pyridine rings is 2. The first-order valence-electron chi connectivity index (χ1n) is 14.2. The van der Waals surface area contributed by atoms with Gasteiger partial charge in [-0.2, -0.15) is 4.98 Å². The molecule has 3 aromatic heterocycles. The van der Waals surface area contributed by atoms with Crippen LogP contribution in [-0.2, 0) is 4.74 Å². The van der Waals surface area contributed by atoms with Gasteiger partial charge in [0.2, 0.25) is 0 Å². The van der Waals surface area contributed by atoms with Crippen molar-refractivity contribution in [3.8, 4) is 16.9 Å². The van der Waals surface area contributed by atoms with Gasteiger partial charge in [0, 0.05) is 37.4 Å². The first-order valence-corrected chi connectivity index (χ1v) is 14.6. The lowest BCUT2D eigenvalue weighted by atomic mass is 10.0. The topological polar surface area (TPSA) is 93.5 Å². The summed E-state index contributed by atoms with van der Waals surface area (Å²) < 4.78 is 7.17. The zero-order valence-electron chi connectivity index (χ0n) is 25.2. The first kappa shape index (κ1) is 29.5. The van der Waals surface area contributed by atoms with Gasteiger partial charge in [0.15, 0.2) is 5.65 Å². The number of carbonyl (C=O) groups is 1. The molecule has 220 valence electrons. The molecule has 1 saturated heterocycles. The Kier molecular flexibility index (Phi) is 7.98. The van der Waals surface area contributed by atoms with Crippen molar-refractivity contribution in [1.29, 1.82) is 0 Å². The molecule has 9 nitrogen and oxygen atoms in total. The normalized spacial score (nSPS) is 15.9. The Morgan fingerprint density at radius 3 is 2.45 bits per heavy atom. The van der Waals surface area contributed by atoms with Crippen LogP contribution in [0.3, 0.4) is 0 Å². The monoisotopic (exact) mass is 588 g/mol. The number of aromatic nitrogens is 4. The van der Waals surface area contributed by atoms with E-state index >= 15 is 0 Å². The molecule has 4 heterocycles. The van der Waals surface area contributed by atoms with E-state index in [0.29, 0.717) is 52.9 Å². The van der Waals surface area contributed by atoms with E-state index in [9.17, 15) is 9.59 Å². The fraction of sp³-hybridized carbons (Fsp3) is 0.406. The highest BCUT2D eigenvalue weighted by Crippen LogP contribution is 2.35. The molecule has 0 aliphatic carbocycles. The van der Waals surface area contributed by atoms with E-state index in [1.54, 1.807) is 15.7 Å². The summed E-state index contributed by atoms with van der Waals surface area (Å²) in [4.78, 5) is 44.9. The predicted molar refractivity (Wildman–Crippen MR) is 167 cm³/mol. The highest BCUT2D eigenvalue weighted by Gasteiger charge is 2.32. The van der Waals surface area contributed by atoms with Crippen LogP contribution in [0.15, 0.2) is 53.5 Å². The van der Waals surface area contributed by atoms with Crippen LogP contribution in [0.4, 0.5) is 10.6 Å². The molecule has 1 atom stereocenters. The maximum atomic E-state index is 14.0. The maximum Gasteiger partial charge on any atom is 0.410 e. The number of anilines is 1. The summed E-state index contributed by atoms with van der Waals surface area (Å²) >= 11 is 6.88. The second kappa shape index (κ2) is 11.4. The van der Waals surface area contributed by atoms with Gasteiger partial charge in [0.25, 0.3) is 0 Å². The minimum Gasteiger partial charge on any atom is -0.444 e. The predicted octanol–water partition coefficient (Wildman–Crippen LogP) is 6.37. The van der Waals surface area contributed by atoms with Crippen molar-refractivity contribution < 1.29 is 9.53 Å². The summed E-state index contributed by atoms with van der Waals surface area (Å²) in [7, 11) is 0. The number of halogens is 1. The van der Waals surface area contributed by atoms with Crippen LogP contribution in [0.25, 0.3) is 28.0 Å². The number of nitrogens with zero attached hydrogens (tertiary/aromatic N) is 6. The Labute approximate surface area is 251 Å². The molecule has 1 fully saturated rings. The summed E-state index contributed by atoms with van der Waals surface area (Å²) in [6.07, 6.45) is 1.40. The fourth-order valence-electron chi connectivity index (χ4n) is 5.37. The average Bonchev–Trinajstić information content (AvgIpc) is 2.92. The van der Waals surface area contributed by atoms with E-state index in [4.69, 9.17) is 21.3 Å². The van der Waals surface area contributed by atoms with Crippen molar-refractivity contribution in [2.45, 2.75) is 66.0 Å². The van der Waals surface area contributed by atoms with E-state index in [1.807, 2.05) is 90.9 Å². The Morgan fingerprint density at radius 1 is 1.10 bits per heavy atom. The van der Waals surface area contributed by atoms with E-state index in [1.165, 1.54) is 0 Å². The van der Waals surface area contributed by atoms with E-state index in [2.05, 4.69) is 14.9 Å². The van der Waals surface area contributed by atoms with Gasteiger partial charge in [-0.25, -0.2) is 19.1 Å². The zero-order valence-corrected chi connectivity index (χ0v) is 25.9. The summed E-state index contributed by atoms with van der Waals surface area (Å²) in [5.41, 5.74) is 3.18. The fourth-order valence-corrected chi connectivity index (χ4v) is 5.63. The van der Waals surface area contributed by atoms with Gasteiger partial charge in [-0.3, -0.25) is 4.98 Å². The van der Waals surface area contributed by atoms with Gasteiger partial charge in [-0.1, -0.05) is 55.8 Å². The molecule has 0 N–H and O–H groups in total. The lowest BCUT2D eigenvalue weighted by Gasteiger charge is -2.41. The van der Waals surface area contributed by atoms with Gasteiger partial charge in [0.1, 0.15) is 11.4 Å². The summed E-state index contributed by atoms with van der Waals surface area (Å²) in [5.74, 6) is 0.549. The van der Waals surface area contributed by atoms with Gasteiger partial charge >= 0.3 is 11.8 Å². The molecule has 1 unspecified atom stereocenters. The van der Waals surface area contributed by atoms with Crippen LogP contribution in [0.2, 0.25) is 5.02 Å². The number of piperazine rings is 1. The SMILES string of the molecule is Cc1ccnc(C(C)C)c1-n1c(=O)nc(N2CCN(C(=O)OC(C)(C)C)CC2C)c2cc(Cl)c(-c3ccccc3)nc21. The third-order valence-electron chi connectivity index (χ3n) is 7.32. The third kappa shape index (κ3) is 5.70. The molecule has 42 heavy (non-hydrogen) atoms. The number of fused-ring (bicyclic) bond motifs is 1. The molecule has 0 spiro atoms. The molecular weight excluding hydrogens is 552 g/mol. The van der Waals surface area contributed by atoms with Gasteiger partial charge in [-0.05, 0) is 58.2 Å². The van der Waals surface area contributed by atoms with E-state index < -0.39 is 11.3 Å². The van der Waals surface area contributed by atoms with Crippen LogP contribution in [-0.4, -0.2) is 61.8 Å². The maximum absolute atomic E-state index is 14.0. The number of amides is 1. The van der Waals surface area contributed by atoms with E-state index in [0.717, 1.165) is 16.8 Å². The third-order valence-corrected chi connectivity index (χ3v) is 7.61. The molecule has 4 aromatic rings. The zero-order chi connectivity index (χ0) is 30.3. The van der Waals surface area contributed by atoms with Crippen molar-refractivity contribution in [1.82, 2.24) is 24.4 Å². The molecule has 1 aliphatic rings. The summed E-state index contributed by atoms with van der Waals surface area (Å²) in [6.45, 7) is 14.9. The Morgan fingerprint density at radius 2 is 1.81 bits per heavy atom. The van der Waals surface area contributed by atoms with Crippen LogP contribution in [0.5, 0.6) is 0 Å². The highest BCUT2D eigenvalue weighted by atomic mass is 35.5. The number of aryl methyl sites for hydroxylation is 1. The average molecular weight is 589 g/mol. The van der Waals surface area contributed by atoms with Crippen LogP contribution in [0, 0.1) is 6.92 Å². The quantitative estimate of drug-likeness (QED) is 0.273. The number of carbonyl (C=O) groups excluding carboxylic acids is 1. The Balaban J connectivity index is 1.70. The molecule has 0 bridgehead atoms. The summed E-state index contributed by atoms with van der Waals surface area (Å²) in [5, 5.41) is 1.10. The minimum absolute atomic E-state index is 0.0587. The van der Waals surface area contributed by atoms with Crippen molar-refractivity contribution in [2.75, 3.05) is 24.5 Å². The smallest absolute Gasteiger partial charge is 0.410 e. The molecular formula is C32H37ClN6O3. The molecule has 0 saturated carbocycles. The molecule has 1 aromatic carbocycles. The lowest BCUT2D eigenvalue weighted by Crippen LogP contribution is -2.55. The van der Waals surface area contributed by atoms with Gasteiger partial charge in [0.05, 0.1) is 27.5 Å². The van der Waals surface area contributed by atoms with Crippen LogP contribution in [0.1, 0.15) is 58.7 Å². The first-order chi connectivity index (χ1) is 19.9.